The third-order valence-electron chi connectivity index (χ3n) is 2.67. The molecule has 2 rings (SSSR count). The summed E-state index contributed by atoms with van der Waals surface area (Å²) in [6.45, 7) is 3.20. The Labute approximate surface area is 98.5 Å². The van der Waals surface area contributed by atoms with Crippen LogP contribution in [-0.4, -0.2) is 50.1 Å². The molecule has 1 saturated heterocycles. The van der Waals surface area contributed by atoms with Gasteiger partial charge in [0.1, 0.15) is 5.82 Å². The smallest absolute Gasteiger partial charge is 0.273 e. The molecule has 1 aromatic heterocycles. The first-order valence-corrected chi connectivity index (χ1v) is 6.39. The molecule has 1 fully saturated rings. The molecule has 1 N–H and O–H groups in total. The number of thioether (sulfide) groups is 1. The normalized spacial score (nSPS) is 18.5. The van der Waals surface area contributed by atoms with Gasteiger partial charge < -0.3 is 14.6 Å². The Balaban J connectivity index is 2.06. The number of carbonyl (C=O) groups is 1. The lowest BCUT2D eigenvalue weighted by atomic mass is 10.4. The second kappa shape index (κ2) is 4.88. The fraction of sp³-hybridized carbons (Fsp3) is 0.600. The minimum atomic E-state index is -1.13. The van der Waals surface area contributed by atoms with Crippen molar-refractivity contribution in [3.05, 3.63) is 18.2 Å². The third kappa shape index (κ3) is 2.22. The molecule has 2 heterocycles. The Morgan fingerprint density at radius 3 is 2.81 bits per heavy atom. The zero-order chi connectivity index (χ0) is 11.5. The monoisotopic (exact) mass is 241 g/mol. The van der Waals surface area contributed by atoms with E-state index in [1.807, 2.05) is 11.8 Å². The number of nitrogens with zero attached hydrogens (tertiary/aromatic N) is 3. The standard InChI is InChI=1S/C10H15N3O2S/c1-8-11-2-3-13(8)10(15)9(14)12-4-6-16-7-5-12/h2-3,10,15H,4-7H2,1H3. The van der Waals surface area contributed by atoms with E-state index in [1.54, 1.807) is 24.2 Å². The second-order valence-corrected chi connectivity index (χ2v) is 4.92. The van der Waals surface area contributed by atoms with Crippen LogP contribution in [0, 0.1) is 6.92 Å². The molecule has 1 aliphatic heterocycles. The maximum absolute atomic E-state index is 12.0. The predicted octanol–water partition coefficient (Wildman–Crippen LogP) is 0.258. The lowest BCUT2D eigenvalue weighted by molar-refractivity contribution is -0.144. The van der Waals surface area contributed by atoms with Crippen molar-refractivity contribution in [3.63, 3.8) is 0 Å². The highest BCUT2D eigenvalue weighted by Crippen LogP contribution is 2.14. The van der Waals surface area contributed by atoms with Gasteiger partial charge in [0.2, 0.25) is 6.23 Å². The predicted molar refractivity (Wildman–Crippen MR) is 62.1 cm³/mol. The fourth-order valence-electron chi connectivity index (χ4n) is 1.71. The van der Waals surface area contributed by atoms with Gasteiger partial charge in [0.25, 0.3) is 5.91 Å². The van der Waals surface area contributed by atoms with E-state index < -0.39 is 6.23 Å². The minimum absolute atomic E-state index is 0.235. The lowest BCUT2D eigenvalue weighted by Gasteiger charge is -2.28. The number of hydrogen-bond donors (Lipinski definition) is 1. The molecule has 1 unspecified atom stereocenters. The molecule has 0 aliphatic carbocycles. The van der Waals surface area contributed by atoms with Crippen molar-refractivity contribution in [1.82, 2.24) is 14.5 Å². The second-order valence-electron chi connectivity index (χ2n) is 3.69. The average molecular weight is 241 g/mol. The largest absolute Gasteiger partial charge is 0.365 e. The van der Waals surface area contributed by atoms with Crippen LogP contribution >= 0.6 is 11.8 Å². The number of hydrogen-bond acceptors (Lipinski definition) is 4. The Hall–Kier alpha value is -1.01. The van der Waals surface area contributed by atoms with E-state index in [0.717, 1.165) is 11.5 Å². The molecule has 1 amide bonds. The number of imidazole rings is 1. The van der Waals surface area contributed by atoms with E-state index in [1.165, 1.54) is 4.57 Å². The van der Waals surface area contributed by atoms with Crippen molar-refractivity contribution in [1.29, 1.82) is 0 Å². The summed E-state index contributed by atoms with van der Waals surface area (Å²) in [6, 6.07) is 0. The fourth-order valence-corrected chi connectivity index (χ4v) is 2.62. The van der Waals surface area contributed by atoms with E-state index in [0.29, 0.717) is 18.9 Å². The highest BCUT2D eigenvalue weighted by atomic mass is 32.2. The quantitative estimate of drug-likeness (QED) is 0.807. The van der Waals surface area contributed by atoms with Gasteiger partial charge in [-0.15, -0.1) is 0 Å². The van der Waals surface area contributed by atoms with E-state index in [-0.39, 0.29) is 5.91 Å². The summed E-state index contributed by atoms with van der Waals surface area (Å²) in [7, 11) is 0. The van der Waals surface area contributed by atoms with Crippen LogP contribution in [0.3, 0.4) is 0 Å². The molecule has 0 radical (unpaired) electrons. The molecule has 0 spiro atoms. The van der Waals surface area contributed by atoms with Crippen molar-refractivity contribution in [2.24, 2.45) is 0 Å². The number of carbonyl (C=O) groups excluding carboxylic acids is 1. The number of aryl methyl sites for hydroxylation is 1. The number of rotatable bonds is 2. The Morgan fingerprint density at radius 2 is 2.25 bits per heavy atom. The maximum Gasteiger partial charge on any atom is 0.273 e. The first-order chi connectivity index (χ1) is 7.70. The van der Waals surface area contributed by atoms with E-state index in [4.69, 9.17) is 0 Å². The molecular formula is C10H15N3O2S. The van der Waals surface area contributed by atoms with Gasteiger partial charge in [-0.2, -0.15) is 11.8 Å². The van der Waals surface area contributed by atoms with Crippen LogP contribution in [0.1, 0.15) is 12.1 Å². The Kier molecular flexibility index (Phi) is 3.50. The lowest BCUT2D eigenvalue weighted by Crippen LogP contribution is -2.42. The first kappa shape index (κ1) is 11.5. The molecule has 16 heavy (non-hydrogen) atoms. The van der Waals surface area contributed by atoms with Crippen molar-refractivity contribution in [2.45, 2.75) is 13.2 Å². The number of aliphatic hydroxyl groups excluding tert-OH is 1. The molecule has 0 aromatic carbocycles. The van der Waals surface area contributed by atoms with Crippen LogP contribution in [0.25, 0.3) is 0 Å². The van der Waals surface area contributed by atoms with Crippen LogP contribution in [-0.2, 0) is 4.79 Å². The number of aliphatic hydroxyl groups is 1. The van der Waals surface area contributed by atoms with Gasteiger partial charge in [0, 0.05) is 37.0 Å². The molecule has 1 aliphatic rings. The average Bonchev–Trinajstić information content (AvgIpc) is 2.75. The minimum Gasteiger partial charge on any atom is -0.365 e. The molecule has 88 valence electrons. The van der Waals surface area contributed by atoms with Crippen LogP contribution in [0.2, 0.25) is 0 Å². The van der Waals surface area contributed by atoms with Gasteiger partial charge in [0.15, 0.2) is 0 Å². The zero-order valence-corrected chi connectivity index (χ0v) is 9.98. The van der Waals surface area contributed by atoms with E-state index >= 15 is 0 Å². The molecular weight excluding hydrogens is 226 g/mol. The van der Waals surface area contributed by atoms with Crippen LogP contribution < -0.4 is 0 Å². The summed E-state index contributed by atoms with van der Waals surface area (Å²) >= 11 is 1.83. The van der Waals surface area contributed by atoms with Gasteiger partial charge in [-0.05, 0) is 6.92 Å². The summed E-state index contributed by atoms with van der Waals surface area (Å²) in [4.78, 5) is 17.7. The summed E-state index contributed by atoms with van der Waals surface area (Å²) in [5, 5.41) is 9.94. The Bertz CT molecular complexity index is 374. The third-order valence-corrected chi connectivity index (χ3v) is 3.61. The van der Waals surface area contributed by atoms with Gasteiger partial charge in [-0.3, -0.25) is 4.79 Å². The summed E-state index contributed by atoms with van der Waals surface area (Å²) in [5.41, 5.74) is 0. The molecule has 5 nitrogen and oxygen atoms in total. The highest BCUT2D eigenvalue weighted by molar-refractivity contribution is 7.99. The van der Waals surface area contributed by atoms with Crippen molar-refractivity contribution < 1.29 is 9.90 Å². The number of amides is 1. The first-order valence-electron chi connectivity index (χ1n) is 5.24. The number of aromatic nitrogens is 2. The summed E-state index contributed by atoms with van der Waals surface area (Å²) < 4.78 is 1.49. The van der Waals surface area contributed by atoms with Crippen molar-refractivity contribution in [3.8, 4) is 0 Å². The van der Waals surface area contributed by atoms with Gasteiger partial charge >= 0.3 is 0 Å². The van der Waals surface area contributed by atoms with E-state index in [2.05, 4.69) is 4.98 Å². The molecule has 6 heteroatoms. The van der Waals surface area contributed by atoms with Crippen molar-refractivity contribution in [2.75, 3.05) is 24.6 Å². The van der Waals surface area contributed by atoms with Crippen molar-refractivity contribution >= 4 is 17.7 Å². The summed E-state index contributed by atoms with van der Waals surface area (Å²) in [6.07, 6.45) is 2.07. The SMILES string of the molecule is Cc1nccn1C(O)C(=O)N1CCSCC1. The van der Waals surface area contributed by atoms with Gasteiger partial charge in [-0.25, -0.2) is 4.98 Å². The van der Waals surface area contributed by atoms with E-state index in [9.17, 15) is 9.90 Å². The Morgan fingerprint density at radius 1 is 1.56 bits per heavy atom. The van der Waals surface area contributed by atoms with Gasteiger partial charge in [0.05, 0.1) is 0 Å². The molecule has 0 saturated carbocycles. The maximum atomic E-state index is 12.0. The summed E-state index contributed by atoms with van der Waals surface area (Å²) in [5.74, 6) is 2.30. The van der Waals surface area contributed by atoms with Crippen LogP contribution in [0.15, 0.2) is 12.4 Å². The van der Waals surface area contributed by atoms with Crippen LogP contribution in [0.5, 0.6) is 0 Å². The highest BCUT2D eigenvalue weighted by Gasteiger charge is 2.25. The topological polar surface area (TPSA) is 58.4 Å². The zero-order valence-electron chi connectivity index (χ0n) is 9.17. The molecule has 1 aromatic rings. The molecule has 0 bridgehead atoms. The van der Waals surface area contributed by atoms with Gasteiger partial charge in [-0.1, -0.05) is 0 Å². The van der Waals surface area contributed by atoms with Crippen LogP contribution in [0.4, 0.5) is 0 Å². The molecule has 1 atom stereocenters.